The summed E-state index contributed by atoms with van der Waals surface area (Å²) in [5, 5.41) is 2.31. The van der Waals surface area contributed by atoms with Crippen LogP contribution in [0.1, 0.15) is 57.9 Å². The van der Waals surface area contributed by atoms with Gasteiger partial charge in [-0.25, -0.2) is 0 Å². The first-order valence-corrected chi connectivity index (χ1v) is 14.0. The Bertz CT molecular complexity index is 1480. The Hall–Kier alpha value is -3.78. The molecule has 2 atom stereocenters. The summed E-state index contributed by atoms with van der Waals surface area (Å²) in [7, 11) is 2.12. The maximum Gasteiger partial charge on any atom is 0.0530 e. The summed E-state index contributed by atoms with van der Waals surface area (Å²) in [4.78, 5) is 2.34. The van der Waals surface area contributed by atoms with Gasteiger partial charge in [0, 0.05) is 41.8 Å². The normalized spacial score (nSPS) is 22.8. The highest BCUT2D eigenvalue weighted by Crippen LogP contribution is 2.35. The van der Waals surface area contributed by atoms with Crippen LogP contribution >= 0.6 is 0 Å². The van der Waals surface area contributed by atoms with Gasteiger partial charge in [0.1, 0.15) is 0 Å². The van der Waals surface area contributed by atoms with Crippen molar-refractivity contribution >= 4 is 24.4 Å². The lowest BCUT2D eigenvalue weighted by Gasteiger charge is -2.30. The van der Waals surface area contributed by atoms with Crippen LogP contribution in [0, 0.1) is 18.8 Å². The van der Waals surface area contributed by atoms with Crippen molar-refractivity contribution in [1.29, 1.82) is 0 Å². The molecule has 0 N–H and O–H groups in total. The lowest BCUT2D eigenvalue weighted by Crippen LogP contribution is -2.26. The topological polar surface area (TPSA) is 8.17 Å². The molecule has 39 heavy (non-hydrogen) atoms. The standard InChI is InChI=1S/C37H46N2/c1-11-17-33(18-12-2)39-28(6)25-27(5)35(23-24-36-30(8)34(13-3)31(9)38(36)10)29(7)26(4)19-16-21-32-20-14-15-22-37(32)39/h11-18,20-23,25-27H,1,7,9,19,24H2,2-6,8,10H3/b18-12-,21-16+,28-25+,33-17+,34-13-,35-23-. The van der Waals surface area contributed by atoms with E-state index >= 15 is 0 Å². The number of benzene rings is 1. The predicted octanol–water partition coefficient (Wildman–Crippen LogP) is 8.31. The second-order valence-electron chi connectivity index (χ2n) is 10.5. The van der Waals surface area contributed by atoms with Crippen molar-refractivity contribution < 1.29 is 0 Å². The Morgan fingerprint density at radius 1 is 1.10 bits per heavy atom. The first kappa shape index (κ1) is 29.8. The van der Waals surface area contributed by atoms with Crippen molar-refractivity contribution in [3.63, 3.8) is 0 Å². The molecule has 1 aliphatic rings. The quantitative estimate of drug-likeness (QED) is 0.361. The van der Waals surface area contributed by atoms with Crippen LogP contribution < -0.4 is 15.5 Å². The van der Waals surface area contributed by atoms with E-state index in [0.717, 1.165) is 29.6 Å². The molecule has 1 aliphatic heterocycles. The molecule has 0 saturated carbocycles. The van der Waals surface area contributed by atoms with Crippen LogP contribution in [0.15, 0.2) is 102 Å². The van der Waals surface area contributed by atoms with Gasteiger partial charge in [-0.05, 0) is 85.7 Å². The minimum atomic E-state index is 0.186. The minimum Gasteiger partial charge on any atom is -0.348 e. The second kappa shape index (κ2) is 13.3. The molecule has 3 rings (SSSR count). The van der Waals surface area contributed by atoms with Gasteiger partial charge in [0.25, 0.3) is 0 Å². The molecule has 0 aliphatic carbocycles. The van der Waals surface area contributed by atoms with Gasteiger partial charge in [0.2, 0.25) is 0 Å². The maximum absolute atomic E-state index is 4.63. The molecule has 2 unspecified atom stereocenters. The van der Waals surface area contributed by atoms with Crippen LogP contribution in [-0.4, -0.2) is 4.57 Å². The van der Waals surface area contributed by atoms with E-state index in [-0.39, 0.29) is 5.92 Å². The largest absolute Gasteiger partial charge is 0.348 e. The van der Waals surface area contributed by atoms with Crippen LogP contribution in [-0.2, 0) is 13.5 Å². The van der Waals surface area contributed by atoms with Crippen LogP contribution in [0.3, 0.4) is 0 Å². The maximum atomic E-state index is 4.63. The van der Waals surface area contributed by atoms with Gasteiger partial charge in [0.15, 0.2) is 0 Å². The average molecular weight is 519 g/mol. The number of rotatable bonds is 5. The fourth-order valence-electron chi connectivity index (χ4n) is 5.67. The third-order valence-corrected chi connectivity index (χ3v) is 7.91. The van der Waals surface area contributed by atoms with Gasteiger partial charge >= 0.3 is 0 Å². The summed E-state index contributed by atoms with van der Waals surface area (Å²) in [5.41, 5.74) is 9.72. The third-order valence-electron chi connectivity index (χ3n) is 7.91. The number of fused-ring (bicyclic) bond motifs is 1. The Kier molecular flexibility index (Phi) is 10.2. The van der Waals surface area contributed by atoms with Crippen LogP contribution in [0.25, 0.3) is 18.7 Å². The molecular formula is C37H46N2. The van der Waals surface area contributed by atoms with E-state index in [9.17, 15) is 0 Å². The van der Waals surface area contributed by atoms with Gasteiger partial charge in [-0.2, -0.15) is 0 Å². The zero-order valence-corrected chi connectivity index (χ0v) is 25.1. The molecule has 2 heteroatoms. The van der Waals surface area contributed by atoms with Gasteiger partial charge in [0.05, 0.1) is 5.69 Å². The molecule has 0 spiro atoms. The second-order valence-corrected chi connectivity index (χ2v) is 10.5. The molecule has 1 aromatic carbocycles. The molecule has 204 valence electrons. The summed E-state index contributed by atoms with van der Waals surface area (Å²) in [6.45, 7) is 26.1. The van der Waals surface area contributed by atoms with E-state index in [4.69, 9.17) is 0 Å². The fraction of sp³-hybridized carbons (Fsp3) is 0.297. The molecule has 2 nitrogen and oxygen atoms in total. The molecule has 1 aromatic heterocycles. The molecule has 2 aromatic rings. The summed E-state index contributed by atoms with van der Waals surface area (Å²) in [6.07, 6.45) is 21.4. The summed E-state index contributed by atoms with van der Waals surface area (Å²) < 4.78 is 2.24. The van der Waals surface area contributed by atoms with E-state index in [0.29, 0.717) is 5.92 Å². The molecule has 2 heterocycles. The smallest absolute Gasteiger partial charge is 0.0530 e. The van der Waals surface area contributed by atoms with E-state index in [2.05, 4.69) is 151 Å². The molecule has 0 bridgehead atoms. The van der Waals surface area contributed by atoms with Crippen molar-refractivity contribution in [2.45, 2.75) is 54.4 Å². The molecule has 0 saturated heterocycles. The van der Waals surface area contributed by atoms with E-state index in [1.807, 2.05) is 6.08 Å². The van der Waals surface area contributed by atoms with Crippen LogP contribution in [0.2, 0.25) is 0 Å². The summed E-state index contributed by atoms with van der Waals surface area (Å²) in [5.74, 6) is 0.522. The number of hydrogen-bond donors (Lipinski definition) is 0. The highest BCUT2D eigenvalue weighted by atomic mass is 15.2. The van der Waals surface area contributed by atoms with Crippen molar-refractivity contribution in [1.82, 2.24) is 4.57 Å². The Morgan fingerprint density at radius 2 is 1.82 bits per heavy atom. The fourth-order valence-corrected chi connectivity index (χ4v) is 5.67. The zero-order chi connectivity index (χ0) is 28.7. The summed E-state index contributed by atoms with van der Waals surface area (Å²) in [6, 6.07) is 8.60. The van der Waals surface area contributed by atoms with Crippen molar-refractivity contribution in [2.24, 2.45) is 18.9 Å². The average Bonchev–Trinajstić information content (AvgIpc) is 3.11. The highest BCUT2D eigenvalue weighted by molar-refractivity contribution is 5.73. The predicted molar refractivity (Wildman–Crippen MR) is 174 cm³/mol. The number of para-hydroxylation sites is 1. The lowest BCUT2D eigenvalue weighted by atomic mass is 9.84. The number of allylic oxidation sites excluding steroid dienone is 10. The summed E-state index contributed by atoms with van der Waals surface area (Å²) >= 11 is 0. The van der Waals surface area contributed by atoms with Gasteiger partial charge in [-0.1, -0.05) is 94.3 Å². The zero-order valence-electron chi connectivity index (χ0n) is 25.1. The van der Waals surface area contributed by atoms with Crippen LogP contribution in [0.4, 0.5) is 5.69 Å². The lowest BCUT2D eigenvalue weighted by molar-refractivity contribution is 0.677. The first-order chi connectivity index (χ1) is 18.7. The van der Waals surface area contributed by atoms with E-state index in [1.165, 1.54) is 38.9 Å². The number of hydrogen-bond acceptors (Lipinski definition) is 1. The Morgan fingerprint density at radius 3 is 2.46 bits per heavy atom. The van der Waals surface area contributed by atoms with Crippen LogP contribution in [0.5, 0.6) is 0 Å². The first-order valence-electron chi connectivity index (χ1n) is 14.0. The molecule has 0 radical (unpaired) electrons. The highest BCUT2D eigenvalue weighted by Gasteiger charge is 2.20. The van der Waals surface area contributed by atoms with Gasteiger partial charge in [-0.15, -0.1) is 0 Å². The van der Waals surface area contributed by atoms with Gasteiger partial charge < -0.3 is 9.47 Å². The number of nitrogens with zero attached hydrogens (tertiary/aromatic N) is 2. The molecular weight excluding hydrogens is 472 g/mol. The van der Waals surface area contributed by atoms with Crippen molar-refractivity contribution in [3.05, 3.63) is 130 Å². The molecule has 0 fully saturated rings. The SMILES string of the molecule is C=C/C=C(\C=C/C)N1/C(C)=C/C(C)/C(=C/Cc2c(C)/c(=C/C)c(=C)n2C)C(=C)C(C)C/C=C/c2ccccc21. The number of anilines is 1. The Labute approximate surface area is 236 Å². The van der Waals surface area contributed by atoms with Crippen molar-refractivity contribution in [2.75, 3.05) is 4.90 Å². The van der Waals surface area contributed by atoms with E-state index < -0.39 is 0 Å². The third kappa shape index (κ3) is 6.45. The van der Waals surface area contributed by atoms with Crippen molar-refractivity contribution in [3.8, 4) is 0 Å². The van der Waals surface area contributed by atoms with Gasteiger partial charge in [-0.3, -0.25) is 0 Å². The molecule has 0 amide bonds. The number of aromatic nitrogens is 1. The minimum absolute atomic E-state index is 0.186. The Balaban J connectivity index is 2.21. The monoisotopic (exact) mass is 518 g/mol. The van der Waals surface area contributed by atoms with E-state index in [1.54, 1.807) is 0 Å².